The number of thioether (sulfide) groups is 1. The van der Waals surface area contributed by atoms with Crippen LogP contribution in [0.25, 0.3) is 0 Å². The van der Waals surface area contributed by atoms with Crippen molar-refractivity contribution in [2.45, 2.75) is 17.9 Å². The van der Waals surface area contributed by atoms with Crippen LogP contribution in [-0.2, 0) is 11.3 Å². The monoisotopic (exact) mass is 392 g/mol. The Morgan fingerprint density at radius 3 is 2.61 bits per heavy atom. The third kappa shape index (κ3) is 5.68. The van der Waals surface area contributed by atoms with E-state index >= 15 is 0 Å². The quantitative estimate of drug-likeness (QED) is 0.696. The number of hydrogen-bond donors (Lipinski definition) is 1. The maximum atomic E-state index is 12.1. The highest BCUT2D eigenvalue weighted by Gasteiger charge is 2.09. The molecule has 122 valence electrons. The third-order valence-electron chi connectivity index (χ3n) is 3.50. The van der Waals surface area contributed by atoms with E-state index in [-0.39, 0.29) is 5.91 Å². The van der Waals surface area contributed by atoms with Crippen LogP contribution in [0.1, 0.15) is 12.0 Å². The first kappa shape index (κ1) is 18.0. The number of hydrogen-bond acceptors (Lipinski definition) is 3. The maximum Gasteiger partial charge on any atom is 0.225 e. The molecule has 0 atom stereocenters. The van der Waals surface area contributed by atoms with E-state index in [9.17, 15) is 4.79 Å². The Bertz CT molecular complexity index is 663. The number of rotatable bonds is 7. The summed E-state index contributed by atoms with van der Waals surface area (Å²) in [5.74, 6) is 0.0467. The molecule has 0 saturated heterocycles. The van der Waals surface area contributed by atoms with Crippen LogP contribution in [0.3, 0.4) is 0 Å². The van der Waals surface area contributed by atoms with E-state index in [4.69, 9.17) is 0 Å². The van der Waals surface area contributed by atoms with E-state index in [0.717, 1.165) is 21.6 Å². The molecule has 0 fully saturated rings. The van der Waals surface area contributed by atoms with Crippen LogP contribution in [0, 0.1) is 0 Å². The largest absolute Gasteiger partial charge is 0.325 e. The van der Waals surface area contributed by atoms with Crippen LogP contribution in [-0.4, -0.2) is 30.7 Å². The van der Waals surface area contributed by atoms with Gasteiger partial charge in [-0.2, -0.15) is 0 Å². The van der Waals surface area contributed by atoms with Crippen molar-refractivity contribution in [3.63, 3.8) is 0 Å². The number of carbonyl (C=O) groups excluding carboxylic acids is 1. The molecule has 1 N–H and O–H groups in total. The normalized spacial score (nSPS) is 10.8. The number of amides is 1. The highest BCUT2D eigenvalue weighted by molar-refractivity contribution is 9.10. The van der Waals surface area contributed by atoms with Crippen molar-refractivity contribution in [3.8, 4) is 0 Å². The molecule has 0 heterocycles. The second kappa shape index (κ2) is 9.11. The molecule has 0 aromatic heterocycles. The van der Waals surface area contributed by atoms with Crippen LogP contribution in [0.15, 0.2) is 57.9 Å². The molecule has 2 aromatic carbocycles. The van der Waals surface area contributed by atoms with Crippen LogP contribution >= 0.6 is 27.7 Å². The number of nitrogens with one attached hydrogen (secondary N) is 1. The summed E-state index contributed by atoms with van der Waals surface area (Å²) in [5, 5.41) is 3.00. The molecule has 5 heteroatoms. The predicted molar refractivity (Wildman–Crippen MR) is 102 cm³/mol. The molecular weight excluding hydrogens is 372 g/mol. The standard InChI is InChI=1S/C18H21BrN2OS/c1-21(13-14-7-3-4-8-15(14)19)12-11-18(22)20-16-9-5-6-10-17(16)23-2/h3-10H,11-13H2,1-2H3,(H,20,22). The van der Waals surface area contributed by atoms with Crippen LogP contribution in [0.5, 0.6) is 0 Å². The Kier molecular flexibility index (Phi) is 7.15. The molecule has 2 aromatic rings. The number of benzene rings is 2. The van der Waals surface area contributed by atoms with Gasteiger partial charge in [-0.25, -0.2) is 0 Å². The fourth-order valence-electron chi connectivity index (χ4n) is 2.25. The van der Waals surface area contributed by atoms with Gasteiger partial charge in [0.25, 0.3) is 0 Å². The first-order valence-electron chi connectivity index (χ1n) is 7.45. The van der Waals surface area contributed by atoms with Crippen LogP contribution in [0.2, 0.25) is 0 Å². The third-order valence-corrected chi connectivity index (χ3v) is 5.07. The fourth-order valence-corrected chi connectivity index (χ4v) is 3.21. The van der Waals surface area contributed by atoms with Crippen molar-refractivity contribution in [1.29, 1.82) is 0 Å². The highest BCUT2D eigenvalue weighted by Crippen LogP contribution is 2.24. The Hall–Kier alpha value is -1.30. The first-order chi connectivity index (χ1) is 11.1. The van der Waals surface area contributed by atoms with Gasteiger partial charge >= 0.3 is 0 Å². The summed E-state index contributed by atoms with van der Waals surface area (Å²) in [6.45, 7) is 1.53. The zero-order valence-corrected chi connectivity index (χ0v) is 15.8. The molecule has 0 aliphatic rings. The van der Waals surface area contributed by atoms with E-state index in [1.807, 2.05) is 55.8 Å². The van der Waals surface area contributed by atoms with Gasteiger partial charge in [-0.3, -0.25) is 4.79 Å². The van der Waals surface area contributed by atoms with Crippen LogP contribution < -0.4 is 5.32 Å². The summed E-state index contributed by atoms with van der Waals surface area (Å²) in [7, 11) is 2.03. The minimum absolute atomic E-state index is 0.0467. The predicted octanol–water partition coefficient (Wildman–Crippen LogP) is 4.63. The van der Waals surface area contributed by atoms with Crippen molar-refractivity contribution in [3.05, 3.63) is 58.6 Å². The molecule has 0 spiro atoms. The molecule has 0 saturated carbocycles. The Morgan fingerprint density at radius 1 is 1.17 bits per heavy atom. The number of halogens is 1. The van der Waals surface area contributed by atoms with Crippen molar-refractivity contribution < 1.29 is 4.79 Å². The lowest BCUT2D eigenvalue weighted by Crippen LogP contribution is -2.24. The zero-order valence-electron chi connectivity index (χ0n) is 13.4. The summed E-state index contributed by atoms with van der Waals surface area (Å²) in [6.07, 6.45) is 2.49. The second-order valence-corrected chi connectivity index (χ2v) is 7.03. The van der Waals surface area contributed by atoms with Gasteiger partial charge in [0, 0.05) is 28.9 Å². The van der Waals surface area contributed by atoms with Gasteiger partial charge in [-0.05, 0) is 37.1 Å². The second-order valence-electron chi connectivity index (χ2n) is 5.33. The average molecular weight is 393 g/mol. The fraction of sp³-hybridized carbons (Fsp3) is 0.278. The number of carbonyl (C=O) groups is 1. The molecule has 2 rings (SSSR count). The van der Waals surface area contributed by atoms with Gasteiger partial charge in [0.15, 0.2) is 0 Å². The minimum Gasteiger partial charge on any atom is -0.325 e. The molecule has 23 heavy (non-hydrogen) atoms. The lowest BCUT2D eigenvalue weighted by molar-refractivity contribution is -0.116. The highest BCUT2D eigenvalue weighted by atomic mass is 79.9. The summed E-state index contributed by atoms with van der Waals surface area (Å²) < 4.78 is 1.10. The van der Waals surface area contributed by atoms with Crippen molar-refractivity contribution >= 4 is 39.3 Å². The number of para-hydroxylation sites is 1. The van der Waals surface area contributed by atoms with Gasteiger partial charge in [0.2, 0.25) is 5.91 Å². The van der Waals surface area contributed by atoms with E-state index in [1.165, 1.54) is 5.56 Å². The van der Waals surface area contributed by atoms with E-state index in [2.05, 4.69) is 32.2 Å². The van der Waals surface area contributed by atoms with Gasteiger partial charge in [-0.1, -0.05) is 46.3 Å². The first-order valence-corrected chi connectivity index (χ1v) is 9.46. The van der Waals surface area contributed by atoms with E-state index in [0.29, 0.717) is 13.0 Å². The molecule has 0 aliphatic carbocycles. The van der Waals surface area contributed by atoms with Gasteiger partial charge in [-0.15, -0.1) is 11.8 Å². The topological polar surface area (TPSA) is 32.3 Å². The molecule has 0 radical (unpaired) electrons. The lowest BCUT2D eigenvalue weighted by atomic mass is 10.2. The smallest absolute Gasteiger partial charge is 0.225 e. The molecule has 0 bridgehead atoms. The summed E-state index contributed by atoms with van der Waals surface area (Å²) >= 11 is 5.19. The molecule has 0 aliphatic heterocycles. The Balaban J connectivity index is 1.83. The van der Waals surface area contributed by atoms with E-state index < -0.39 is 0 Å². The summed E-state index contributed by atoms with van der Waals surface area (Å²) in [6, 6.07) is 16.0. The van der Waals surface area contributed by atoms with Crippen molar-refractivity contribution in [1.82, 2.24) is 4.90 Å². The molecule has 1 amide bonds. The zero-order chi connectivity index (χ0) is 16.7. The van der Waals surface area contributed by atoms with Crippen molar-refractivity contribution in [2.24, 2.45) is 0 Å². The summed E-state index contributed by atoms with van der Waals surface area (Å²) in [5.41, 5.74) is 2.11. The SMILES string of the molecule is CSc1ccccc1NC(=O)CCN(C)Cc1ccccc1Br. The average Bonchev–Trinajstić information content (AvgIpc) is 2.55. The number of anilines is 1. The van der Waals surface area contributed by atoms with Gasteiger partial charge < -0.3 is 10.2 Å². The minimum atomic E-state index is 0.0467. The number of nitrogens with zero attached hydrogens (tertiary/aromatic N) is 1. The Labute approximate surface area is 150 Å². The Morgan fingerprint density at radius 2 is 1.87 bits per heavy atom. The van der Waals surface area contributed by atoms with Gasteiger partial charge in [0.05, 0.1) is 5.69 Å². The van der Waals surface area contributed by atoms with Crippen LogP contribution in [0.4, 0.5) is 5.69 Å². The lowest BCUT2D eigenvalue weighted by Gasteiger charge is -2.17. The van der Waals surface area contributed by atoms with E-state index in [1.54, 1.807) is 11.8 Å². The molecule has 0 unspecified atom stereocenters. The van der Waals surface area contributed by atoms with Gasteiger partial charge in [0.1, 0.15) is 0 Å². The maximum absolute atomic E-state index is 12.1. The molecule has 3 nitrogen and oxygen atoms in total. The molecular formula is C18H21BrN2OS. The summed E-state index contributed by atoms with van der Waals surface area (Å²) in [4.78, 5) is 15.4. The van der Waals surface area contributed by atoms with Crippen molar-refractivity contribution in [2.75, 3.05) is 25.2 Å².